The van der Waals surface area contributed by atoms with Gasteiger partial charge in [-0.25, -0.2) is 0 Å². The fraction of sp³-hybridized carbons (Fsp3) is 0.143. The molecule has 0 atom stereocenters. The molecule has 3 heteroatoms. The van der Waals surface area contributed by atoms with Crippen LogP contribution in [0.3, 0.4) is 0 Å². The predicted octanol–water partition coefficient (Wildman–Crippen LogP) is 3.54. The van der Waals surface area contributed by atoms with Crippen LogP contribution in [0.2, 0.25) is 5.02 Å². The molecule has 88 valence electrons. The molecule has 2 aromatic carbocycles. The Morgan fingerprint density at radius 1 is 1.06 bits per heavy atom. The van der Waals surface area contributed by atoms with Gasteiger partial charge in [-0.2, -0.15) is 0 Å². The van der Waals surface area contributed by atoms with E-state index in [-0.39, 0.29) is 0 Å². The van der Waals surface area contributed by atoms with Crippen LogP contribution in [0.15, 0.2) is 48.5 Å². The molecule has 17 heavy (non-hydrogen) atoms. The number of hydrogen-bond acceptors (Lipinski definition) is 2. The van der Waals surface area contributed by atoms with Gasteiger partial charge in [0.2, 0.25) is 0 Å². The molecule has 0 saturated heterocycles. The number of benzene rings is 2. The highest BCUT2D eigenvalue weighted by Crippen LogP contribution is 2.23. The van der Waals surface area contributed by atoms with Crippen LogP contribution in [0.25, 0.3) is 0 Å². The van der Waals surface area contributed by atoms with E-state index >= 15 is 0 Å². The fourth-order valence-corrected chi connectivity index (χ4v) is 1.66. The zero-order valence-electron chi connectivity index (χ0n) is 9.40. The van der Waals surface area contributed by atoms with Gasteiger partial charge in [-0.1, -0.05) is 41.9 Å². The molecule has 0 aliphatic carbocycles. The summed E-state index contributed by atoms with van der Waals surface area (Å²) in [6, 6.07) is 15.5. The third-order valence-electron chi connectivity index (χ3n) is 2.47. The molecule has 0 saturated carbocycles. The number of halogens is 1. The van der Waals surface area contributed by atoms with Gasteiger partial charge in [0.25, 0.3) is 0 Å². The molecule has 2 nitrogen and oxygen atoms in total. The van der Waals surface area contributed by atoms with Gasteiger partial charge in [-0.15, -0.1) is 0 Å². The summed E-state index contributed by atoms with van der Waals surface area (Å²) in [6.07, 6.45) is 0.878. The topological polar surface area (TPSA) is 35.2 Å². The van der Waals surface area contributed by atoms with Crippen molar-refractivity contribution in [1.29, 1.82) is 0 Å². The summed E-state index contributed by atoms with van der Waals surface area (Å²) in [7, 11) is 0. The zero-order chi connectivity index (χ0) is 12.1. The van der Waals surface area contributed by atoms with Crippen molar-refractivity contribution < 1.29 is 4.74 Å². The van der Waals surface area contributed by atoms with E-state index in [0.717, 1.165) is 12.2 Å². The molecule has 0 fully saturated rings. The number of hydrogen-bond donors (Lipinski definition) is 1. The molecule has 0 aliphatic heterocycles. The Morgan fingerprint density at radius 3 is 2.53 bits per heavy atom. The first kappa shape index (κ1) is 11.8. The molecule has 0 amide bonds. The minimum Gasteiger partial charge on any atom is -0.493 e. The Labute approximate surface area is 106 Å². The smallest absolute Gasteiger partial charge is 0.121 e. The molecule has 2 N–H and O–H groups in total. The highest BCUT2D eigenvalue weighted by molar-refractivity contribution is 6.33. The van der Waals surface area contributed by atoms with Gasteiger partial charge in [0, 0.05) is 12.5 Å². The second kappa shape index (κ2) is 5.60. The summed E-state index contributed by atoms with van der Waals surface area (Å²) < 4.78 is 5.61. The summed E-state index contributed by atoms with van der Waals surface area (Å²) in [5, 5.41) is 0.556. The number of ether oxygens (including phenoxy) is 1. The average Bonchev–Trinajstić information content (AvgIpc) is 2.35. The van der Waals surface area contributed by atoms with E-state index in [0.29, 0.717) is 17.3 Å². The number of rotatable bonds is 4. The lowest BCUT2D eigenvalue weighted by Gasteiger charge is -2.07. The molecule has 0 aliphatic rings. The fourth-order valence-electron chi connectivity index (χ4n) is 1.54. The SMILES string of the molecule is Nc1cc(OCCc2ccccc2)ccc1Cl. The minimum absolute atomic E-state index is 0.545. The van der Waals surface area contributed by atoms with Crippen molar-refractivity contribution >= 4 is 17.3 Å². The van der Waals surface area contributed by atoms with Crippen molar-refractivity contribution in [2.75, 3.05) is 12.3 Å². The number of nitrogens with two attached hydrogens (primary N) is 1. The minimum atomic E-state index is 0.545. The third kappa shape index (κ3) is 3.40. The normalized spacial score (nSPS) is 10.2. The molecule has 2 rings (SSSR count). The molecule has 2 aromatic rings. The van der Waals surface area contributed by atoms with Crippen LogP contribution in [-0.4, -0.2) is 6.61 Å². The summed E-state index contributed by atoms with van der Waals surface area (Å²) in [5.74, 6) is 0.753. The van der Waals surface area contributed by atoms with E-state index in [1.54, 1.807) is 12.1 Å². The van der Waals surface area contributed by atoms with Crippen LogP contribution in [0, 0.1) is 0 Å². The molecule has 0 aromatic heterocycles. The molecule has 0 spiro atoms. The summed E-state index contributed by atoms with van der Waals surface area (Å²) in [4.78, 5) is 0. The lowest BCUT2D eigenvalue weighted by Crippen LogP contribution is -2.01. The Bertz CT molecular complexity index is 485. The summed E-state index contributed by atoms with van der Waals surface area (Å²) in [6.45, 7) is 0.630. The molecule has 0 radical (unpaired) electrons. The first-order chi connectivity index (χ1) is 8.25. The van der Waals surface area contributed by atoms with Crippen LogP contribution in [0.1, 0.15) is 5.56 Å². The number of anilines is 1. The van der Waals surface area contributed by atoms with Crippen LogP contribution < -0.4 is 10.5 Å². The highest BCUT2D eigenvalue weighted by atomic mass is 35.5. The van der Waals surface area contributed by atoms with E-state index in [4.69, 9.17) is 22.1 Å². The zero-order valence-corrected chi connectivity index (χ0v) is 10.2. The van der Waals surface area contributed by atoms with Gasteiger partial charge in [0.15, 0.2) is 0 Å². The second-order valence-corrected chi connectivity index (χ2v) is 4.17. The monoisotopic (exact) mass is 247 g/mol. The van der Waals surface area contributed by atoms with Gasteiger partial charge in [-0.05, 0) is 17.7 Å². The predicted molar refractivity (Wildman–Crippen MR) is 71.5 cm³/mol. The van der Waals surface area contributed by atoms with Crippen LogP contribution in [-0.2, 0) is 6.42 Å². The first-order valence-corrected chi connectivity index (χ1v) is 5.85. The van der Waals surface area contributed by atoms with Crippen molar-refractivity contribution in [1.82, 2.24) is 0 Å². The Kier molecular flexibility index (Phi) is 3.89. The van der Waals surface area contributed by atoms with Crippen molar-refractivity contribution in [3.05, 3.63) is 59.1 Å². The summed E-state index contributed by atoms with van der Waals surface area (Å²) in [5.41, 5.74) is 7.50. The van der Waals surface area contributed by atoms with Crippen LogP contribution in [0.5, 0.6) is 5.75 Å². The third-order valence-corrected chi connectivity index (χ3v) is 2.81. The Hall–Kier alpha value is -1.67. The Morgan fingerprint density at radius 2 is 1.82 bits per heavy atom. The van der Waals surface area contributed by atoms with Crippen molar-refractivity contribution in [3.63, 3.8) is 0 Å². The van der Waals surface area contributed by atoms with E-state index in [1.807, 2.05) is 24.3 Å². The van der Waals surface area contributed by atoms with E-state index in [9.17, 15) is 0 Å². The van der Waals surface area contributed by atoms with Crippen LogP contribution in [0.4, 0.5) is 5.69 Å². The summed E-state index contributed by atoms with van der Waals surface area (Å²) >= 11 is 5.83. The maximum absolute atomic E-state index is 5.83. The van der Waals surface area contributed by atoms with E-state index < -0.39 is 0 Å². The van der Waals surface area contributed by atoms with Gasteiger partial charge >= 0.3 is 0 Å². The van der Waals surface area contributed by atoms with Crippen molar-refractivity contribution in [2.45, 2.75) is 6.42 Å². The van der Waals surface area contributed by atoms with Crippen molar-refractivity contribution in [2.24, 2.45) is 0 Å². The molecular formula is C14H14ClNO. The maximum atomic E-state index is 5.83. The highest BCUT2D eigenvalue weighted by Gasteiger charge is 1.99. The van der Waals surface area contributed by atoms with E-state index in [2.05, 4.69) is 12.1 Å². The van der Waals surface area contributed by atoms with Gasteiger partial charge in [-0.3, -0.25) is 0 Å². The number of nitrogen functional groups attached to an aromatic ring is 1. The van der Waals surface area contributed by atoms with Gasteiger partial charge < -0.3 is 10.5 Å². The lowest BCUT2D eigenvalue weighted by atomic mass is 10.2. The first-order valence-electron chi connectivity index (χ1n) is 5.47. The van der Waals surface area contributed by atoms with Crippen LogP contribution >= 0.6 is 11.6 Å². The van der Waals surface area contributed by atoms with Crippen molar-refractivity contribution in [3.8, 4) is 5.75 Å². The largest absolute Gasteiger partial charge is 0.493 e. The van der Waals surface area contributed by atoms with E-state index in [1.165, 1.54) is 5.56 Å². The molecule has 0 bridgehead atoms. The average molecular weight is 248 g/mol. The Balaban J connectivity index is 1.88. The second-order valence-electron chi connectivity index (χ2n) is 3.77. The molecular weight excluding hydrogens is 234 g/mol. The van der Waals surface area contributed by atoms with Gasteiger partial charge in [0.05, 0.1) is 17.3 Å². The molecule has 0 unspecified atom stereocenters. The molecule has 0 heterocycles. The lowest BCUT2D eigenvalue weighted by molar-refractivity contribution is 0.322. The maximum Gasteiger partial charge on any atom is 0.121 e. The standard InChI is InChI=1S/C14H14ClNO/c15-13-7-6-12(10-14(13)16)17-9-8-11-4-2-1-3-5-11/h1-7,10H,8-9,16H2. The quantitative estimate of drug-likeness (QED) is 0.839. The van der Waals surface area contributed by atoms with Gasteiger partial charge in [0.1, 0.15) is 5.75 Å².